The number of β-amino-alcohol motifs (C(OH)–C–C–N with tert-alkyl or cyclic N) is 2. The molecular weight excluding hydrogens is 644 g/mol. The second kappa shape index (κ2) is 33.6. The zero-order chi connectivity index (χ0) is 37.2. The molecular formula is C42H76N2O7. The molecule has 1 aliphatic rings. The van der Waals surface area contributed by atoms with Crippen LogP contribution >= 0.6 is 0 Å². The number of aliphatic hydroxyl groups excluding tert-OH is 2. The van der Waals surface area contributed by atoms with Crippen molar-refractivity contribution >= 4 is 17.8 Å². The van der Waals surface area contributed by atoms with Crippen LogP contribution in [0, 0.1) is 0 Å². The zero-order valence-electron chi connectivity index (χ0n) is 32.7. The molecule has 0 aromatic carbocycles. The van der Waals surface area contributed by atoms with Gasteiger partial charge in [0, 0.05) is 25.9 Å². The number of rotatable bonds is 34. The van der Waals surface area contributed by atoms with Gasteiger partial charge in [-0.15, -0.1) is 0 Å². The molecule has 1 fully saturated rings. The number of unbranched alkanes of at least 4 members (excludes halogenated alkanes) is 18. The molecule has 0 bridgehead atoms. The summed E-state index contributed by atoms with van der Waals surface area (Å²) in [6, 6.07) is 0. The van der Waals surface area contributed by atoms with E-state index in [-0.39, 0.29) is 63.8 Å². The lowest BCUT2D eigenvalue weighted by Gasteiger charge is -2.25. The lowest BCUT2D eigenvalue weighted by molar-refractivity contribution is -0.148. The van der Waals surface area contributed by atoms with Gasteiger partial charge >= 0.3 is 11.9 Å². The van der Waals surface area contributed by atoms with Crippen LogP contribution in [0.25, 0.3) is 0 Å². The van der Waals surface area contributed by atoms with Crippen molar-refractivity contribution in [2.75, 3.05) is 45.9 Å². The van der Waals surface area contributed by atoms with Crippen molar-refractivity contribution in [2.45, 2.75) is 180 Å². The Kier molecular flexibility index (Phi) is 30.8. The molecule has 1 aliphatic heterocycles. The van der Waals surface area contributed by atoms with Crippen LogP contribution in [-0.4, -0.2) is 96.0 Å². The smallest absolute Gasteiger partial charge is 0.305 e. The summed E-state index contributed by atoms with van der Waals surface area (Å²) in [5.74, 6) is -0.743. The molecule has 2 N–H and O–H groups in total. The van der Waals surface area contributed by atoms with E-state index in [9.17, 15) is 24.6 Å². The maximum absolute atomic E-state index is 13.1. The third kappa shape index (κ3) is 28.0. The first kappa shape index (κ1) is 46.8. The van der Waals surface area contributed by atoms with E-state index in [4.69, 9.17) is 9.47 Å². The fourth-order valence-corrected chi connectivity index (χ4v) is 6.33. The average molecular weight is 721 g/mol. The van der Waals surface area contributed by atoms with Crippen LogP contribution in [-0.2, 0) is 23.9 Å². The van der Waals surface area contributed by atoms with Gasteiger partial charge in [-0.3, -0.25) is 19.3 Å². The second-order valence-electron chi connectivity index (χ2n) is 14.4. The van der Waals surface area contributed by atoms with E-state index in [1.807, 2.05) is 0 Å². The topological polar surface area (TPSA) is 117 Å². The Hall–Kier alpha value is -2.23. The molecule has 1 heterocycles. The number of esters is 2. The number of hydrogen-bond donors (Lipinski definition) is 2. The molecule has 9 nitrogen and oxygen atoms in total. The van der Waals surface area contributed by atoms with Gasteiger partial charge in [-0.1, -0.05) is 134 Å². The third-order valence-corrected chi connectivity index (χ3v) is 9.61. The predicted octanol–water partition coefficient (Wildman–Crippen LogP) is 8.45. The molecule has 0 saturated carbocycles. The Bertz CT molecular complexity index is 915. The van der Waals surface area contributed by atoms with Gasteiger partial charge < -0.3 is 24.6 Å². The molecule has 2 unspecified atom stereocenters. The molecule has 0 aliphatic carbocycles. The largest absolute Gasteiger partial charge is 0.464 e. The molecule has 0 spiro atoms. The summed E-state index contributed by atoms with van der Waals surface area (Å²) in [6.07, 6.45) is 33.8. The number of aliphatic hydroxyl groups is 2. The molecule has 2 atom stereocenters. The molecule has 9 heteroatoms. The predicted molar refractivity (Wildman–Crippen MR) is 207 cm³/mol. The first-order chi connectivity index (χ1) is 24.9. The first-order valence-electron chi connectivity index (χ1n) is 20.8. The lowest BCUT2D eigenvalue weighted by atomic mass is 10.1. The molecule has 0 radical (unpaired) electrons. The summed E-state index contributed by atoms with van der Waals surface area (Å²) < 4.78 is 10.9. The maximum atomic E-state index is 13.1. The van der Waals surface area contributed by atoms with E-state index in [1.165, 1.54) is 81.9 Å². The number of likely N-dealkylation sites (tertiary alicyclic amines) is 1. The molecule has 1 saturated heterocycles. The first-order valence-corrected chi connectivity index (χ1v) is 20.8. The van der Waals surface area contributed by atoms with Crippen LogP contribution in [0.1, 0.15) is 168 Å². The van der Waals surface area contributed by atoms with Crippen LogP contribution in [0.4, 0.5) is 0 Å². The monoisotopic (exact) mass is 721 g/mol. The summed E-state index contributed by atoms with van der Waals surface area (Å²) in [7, 11) is 0. The van der Waals surface area contributed by atoms with Crippen LogP contribution in [0.5, 0.6) is 0 Å². The highest BCUT2D eigenvalue weighted by atomic mass is 16.5. The van der Waals surface area contributed by atoms with Crippen LogP contribution in [0.15, 0.2) is 24.3 Å². The lowest BCUT2D eigenvalue weighted by Crippen LogP contribution is -2.43. The molecule has 0 aromatic rings. The highest BCUT2D eigenvalue weighted by molar-refractivity contribution is 5.78. The molecule has 1 rings (SSSR count). The van der Waals surface area contributed by atoms with Crippen LogP contribution in [0.2, 0.25) is 0 Å². The number of ether oxygens (including phenoxy) is 2. The van der Waals surface area contributed by atoms with Crippen LogP contribution < -0.4 is 0 Å². The van der Waals surface area contributed by atoms with Crippen LogP contribution in [0.3, 0.4) is 0 Å². The van der Waals surface area contributed by atoms with Crippen molar-refractivity contribution in [3.05, 3.63) is 24.3 Å². The van der Waals surface area contributed by atoms with Gasteiger partial charge in [-0.05, 0) is 44.9 Å². The van der Waals surface area contributed by atoms with E-state index in [2.05, 4.69) is 38.2 Å². The summed E-state index contributed by atoms with van der Waals surface area (Å²) >= 11 is 0. The zero-order valence-corrected chi connectivity index (χ0v) is 32.7. The highest BCUT2D eigenvalue weighted by Gasteiger charge is 2.31. The SMILES string of the molecule is CCCCC/C=C\C/C=C\CCCCCCCC(=O)OCCN(CCOC(=O)CCCCCCCCCCCCC)C(=O)CN1CC(O)C(O)C1. The van der Waals surface area contributed by atoms with Gasteiger partial charge in [0.15, 0.2) is 0 Å². The number of carbonyl (C=O) groups is 3. The number of nitrogens with zero attached hydrogens (tertiary/aromatic N) is 2. The van der Waals surface area contributed by atoms with Crippen molar-refractivity contribution in [1.29, 1.82) is 0 Å². The van der Waals surface area contributed by atoms with Crippen molar-refractivity contribution in [3.63, 3.8) is 0 Å². The summed E-state index contributed by atoms with van der Waals surface area (Å²) in [5.41, 5.74) is 0. The Morgan fingerprint density at radius 2 is 0.980 bits per heavy atom. The molecule has 0 aromatic heterocycles. The quantitative estimate of drug-likeness (QED) is 0.0387. The van der Waals surface area contributed by atoms with E-state index >= 15 is 0 Å². The molecule has 1 amide bonds. The Morgan fingerprint density at radius 1 is 0.588 bits per heavy atom. The van der Waals surface area contributed by atoms with E-state index in [0.717, 1.165) is 64.2 Å². The Labute approximate surface area is 311 Å². The van der Waals surface area contributed by atoms with Gasteiger partial charge in [0.2, 0.25) is 5.91 Å². The normalized spacial score (nSPS) is 16.4. The summed E-state index contributed by atoms with van der Waals surface area (Å²) in [5, 5.41) is 19.7. The maximum Gasteiger partial charge on any atom is 0.305 e. The Morgan fingerprint density at radius 3 is 1.45 bits per heavy atom. The van der Waals surface area contributed by atoms with Gasteiger partial charge in [0.05, 0.1) is 31.8 Å². The number of carbonyl (C=O) groups excluding carboxylic acids is 3. The van der Waals surface area contributed by atoms with E-state index in [0.29, 0.717) is 12.8 Å². The van der Waals surface area contributed by atoms with Gasteiger partial charge in [-0.2, -0.15) is 0 Å². The summed E-state index contributed by atoms with van der Waals surface area (Å²) in [6.45, 7) is 5.48. The number of allylic oxidation sites excluding steroid dienone is 4. The molecule has 51 heavy (non-hydrogen) atoms. The highest BCUT2D eigenvalue weighted by Crippen LogP contribution is 2.13. The van der Waals surface area contributed by atoms with Crippen molar-refractivity contribution in [3.8, 4) is 0 Å². The van der Waals surface area contributed by atoms with Gasteiger partial charge in [-0.25, -0.2) is 0 Å². The van der Waals surface area contributed by atoms with Crippen molar-refractivity contribution < 1.29 is 34.1 Å². The molecule has 296 valence electrons. The van der Waals surface area contributed by atoms with Gasteiger partial charge in [0.25, 0.3) is 0 Å². The fraction of sp³-hybridized carbons (Fsp3) is 0.833. The van der Waals surface area contributed by atoms with E-state index in [1.54, 1.807) is 4.90 Å². The number of hydrogen-bond acceptors (Lipinski definition) is 8. The minimum Gasteiger partial charge on any atom is -0.464 e. The number of amides is 1. The summed E-state index contributed by atoms with van der Waals surface area (Å²) in [4.78, 5) is 41.0. The average Bonchev–Trinajstić information content (AvgIpc) is 3.43. The minimum absolute atomic E-state index is 0.0285. The van der Waals surface area contributed by atoms with Crippen molar-refractivity contribution in [1.82, 2.24) is 9.80 Å². The second-order valence-corrected chi connectivity index (χ2v) is 14.4. The van der Waals surface area contributed by atoms with Crippen molar-refractivity contribution in [2.24, 2.45) is 0 Å². The minimum atomic E-state index is -0.877. The fourth-order valence-electron chi connectivity index (χ4n) is 6.33. The standard InChI is InChI=1S/C42H76N2O7/c1-3-5-7-9-11-13-15-16-17-18-20-22-24-26-28-30-42(49)51-34-32-44(40(47)37-43-35-38(45)39(46)36-43)31-33-50-41(48)29-27-25-23-21-19-14-12-10-8-6-4-2/h11,13,16-17,38-39,45-46H,3-10,12,14-15,18-37H2,1-2H3/b13-11-,17-16-. The Balaban J connectivity index is 2.23. The third-order valence-electron chi connectivity index (χ3n) is 9.61. The van der Waals surface area contributed by atoms with Gasteiger partial charge in [0.1, 0.15) is 13.2 Å². The van der Waals surface area contributed by atoms with E-state index < -0.39 is 12.2 Å².